The van der Waals surface area contributed by atoms with Gasteiger partial charge in [-0.1, -0.05) is 12.1 Å². The summed E-state index contributed by atoms with van der Waals surface area (Å²) in [4.78, 5) is 0. The van der Waals surface area contributed by atoms with E-state index in [4.69, 9.17) is 9.47 Å². The summed E-state index contributed by atoms with van der Waals surface area (Å²) in [6.07, 6.45) is -4.64. The maximum atomic E-state index is 13.5. The van der Waals surface area contributed by atoms with Crippen molar-refractivity contribution in [3.05, 3.63) is 47.7 Å². The molecule has 0 saturated heterocycles. The first-order chi connectivity index (χ1) is 12.8. The van der Waals surface area contributed by atoms with Crippen LogP contribution in [0.1, 0.15) is 11.3 Å². The normalized spacial score (nSPS) is 11.5. The molecule has 3 aromatic rings. The van der Waals surface area contributed by atoms with Crippen molar-refractivity contribution in [3.63, 3.8) is 0 Å². The van der Waals surface area contributed by atoms with Gasteiger partial charge in [-0.05, 0) is 36.8 Å². The Morgan fingerprint density at radius 2 is 1.67 bits per heavy atom. The van der Waals surface area contributed by atoms with Crippen LogP contribution in [0.4, 0.5) is 13.2 Å². The van der Waals surface area contributed by atoms with E-state index in [1.165, 1.54) is 32.4 Å². The lowest BCUT2D eigenvalue weighted by Crippen LogP contribution is -2.07. The molecule has 27 heavy (non-hydrogen) atoms. The van der Waals surface area contributed by atoms with Crippen LogP contribution in [-0.2, 0) is 6.18 Å². The molecule has 5 nitrogen and oxygen atoms in total. The molecule has 0 spiro atoms. The van der Waals surface area contributed by atoms with Crippen molar-refractivity contribution >= 4 is 0 Å². The number of H-pyrrole nitrogens is 1. The number of benzene rings is 2. The maximum Gasteiger partial charge on any atom is 0.433 e. The fourth-order valence-electron chi connectivity index (χ4n) is 2.87. The molecule has 0 saturated carbocycles. The number of alkyl halides is 3. The smallest absolute Gasteiger partial charge is 0.433 e. The zero-order valence-electron chi connectivity index (χ0n) is 14.8. The zero-order valence-corrected chi connectivity index (χ0v) is 14.8. The van der Waals surface area contributed by atoms with Gasteiger partial charge in [-0.2, -0.15) is 18.3 Å². The average molecular weight is 378 g/mol. The van der Waals surface area contributed by atoms with E-state index in [0.717, 1.165) is 0 Å². The number of nitrogens with one attached hydrogen (secondary N) is 1. The number of nitrogens with zero attached hydrogens (tertiary/aromatic N) is 1. The average Bonchev–Trinajstić information content (AvgIpc) is 3.09. The Bertz CT molecular complexity index is 964. The Hall–Kier alpha value is -3.16. The number of aromatic hydroxyl groups is 1. The second-order valence-corrected chi connectivity index (χ2v) is 5.84. The number of hydrogen-bond donors (Lipinski definition) is 2. The summed E-state index contributed by atoms with van der Waals surface area (Å²) < 4.78 is 50.8. The van der Waals surface area contributed by atoms with E-state index in [1.54, 1.807) is 25.1 Å². The van der Waals surface area contributed by atoms with E-state index in [0.29, 0.717) is 22.6 Å². The second kappa shape index (κ2) is 6.86. The topological polar surface area (TPSA) is 67.4 Å². The third-order valence-corrected chi connectivity index (χ3v) is 4.28. The molecule has 1 heterocycles. The first-order valence-corrected chi connectivity index (χ1v) is 7.94. The third kappa shape index (κ3) is 3.30. The Morgan fingerprint density at radius 1 is 1.00 bits per heavy atom. The predicted octanol–water partition coefficient (Wildman–Crippen LogP) is 4.79. The molecular weight excluding hydrogens is 361 g/mol. The van der Waals surface area contributed by atoms with Crippen molar-refractivity contribution in [1.29, 1.82) is 0 Å². The summed E-state index contributed by atoms with van der Waals surface area (Å²) in [5.74, 6) is 0.749. The monoisotopic (exact) mass is 378 g/mol. The van der Waals surface area contributed by atoms with Gasteiger partial charge >= 0.3 is 6.18 Å². The molecule has 8 heteroatoms. The van der Waals surface area contributed by atoms with Gasteiger partial charge in [0.05, 0.1) is 14.2 Å². The number of halogens is 3. The molecule has 0 bridgehead atoms. The summed E-state index contributed by atoms with van der Waals surface area (Å²) in [7, 11) is 2.91. The largest absolute Gasteiger partial charge is 0.507 e. The fourth-order valence-corrected chi connectivity index (χ4v) is 2.87. The van der Waals surface area contributed by atoms with Crippen molar-refractivity contribution < 1.29 is 27.8 Å². The van der Waals surface area contributed by atoms with Crippen LogP contribution in [0.15, 0.2) is 36.4 Å². The van der Waals surface area contributed by atoms with Crippen molar-refractivity contribution in [2.24, 2.45) is 0 Å². The Kier molecular flexibility index (Phi) is 4.73. The molecule has 1 aromatic heterocycles. The Morgan fingerprint density at radius 3 is 2.22 bits per heavy atom. The van der Waals surface area contributed by atoms with E-state index >= 15 is 0 Å². The van der Waals surface area contributed by atoms with Gasteiger partial charge in [0, 0.05) is 16.7 Å². The summed E-state index contributed by atoms with van der Waals surface area (Å²) in [5, 5.41) is 16.4. The van der Waals surface area contributed by atoms with Crippen molar-refractivity contribution in [1.82, 2.24) is 10.2 Å². The highest BCUT2D eigenvalue weighted by Gasteiger charge is 2.38. The highest BCUT2D eigenvalue weighted by Crippen LogP contribution is 2.45. The highest BCUT2D eigenvalue weighted by atomic mass is 19.4. The molecule has 3 rings (SSSR count). The number of aromatic amines is 1. The Labute approximate surface area is 153 Å². The zero-order chi connectivity index (χ0) is 19.8. The lowest BCUT2D eigenvalue weighted by molar-refractivity contribution is -0.140. The molecule has 0 aliphatic heterocycles. The van der Waals surface area contributed by atoms with E-state index in [9.17, 15) is 18.3 Å². The number of phenols is 1. The van der Waals surface area contributed by atoms with Gasteiger partial charge in [0.15, 0.2) is 0 Å². The number of hydrogen-bond acceptors (Lipinski definition) is 4. The second-order valence-electron chi connectivity index (χ2n) is 5.84. The summed E-state index contributed by atoms with van der Waals surface area (Å²) >= 11 is 0. The van der Waals surface area contributed by atoms with Gasteiger partial charge in [-0.15, -0.1) is 0 Å². The molecule has 0 aliphatic carbocycles. The summed E-state index contributed by atoms with van der Waals surface area (Å²) in [5.41, 5.74) is -0.269. The molecule has 2 aromatic carbocycles. The SMILES string of the molecule is COc1ccc(-c2c(-c3ccc(OC)c(C)c3O)n[nH]c2C(F)(F)F)cc1. The van der Waals surface area contributed by atoms with Crippen LogP contribution in [0.3, 0.4) is 0 Å². The molecule has 0 aliphatic rings. The van der Waals surface area contributed by atoms with Crippen LogP contribution in [0, 0.1) is 6.92 Å². The molecule has 0 unspecified atom stereocenters. The molecule has 0 radical (unpaired) electrons. The highest BCUT2D eigenvalue weighted by molar-refractivity contribution is 5.86. The minimum Gasteiger partial charge on any atom is -0.507 e. The number of methoxy groups -OCH3 is 2. The number of phenolic OH excluding ortho intramolecular Hbond substituents is 1. The molecular formula is C19H17F3N2O3. The van der Waals surface area contributed by atoms with E-state index < -0.39 is 11.9 Å². The lowest BCUT2D eigenvalue weighted by atomic mass is 9.96. The van der Waals surface area contributed by atoms with E-state index in [-0.39, 0.29) is 22.6 Å². The minimum absolute atomic E-state index is 0.00394. The van der Waals surface area contributed by atoms with Crippen LogP contribution in [-0.4, -0.2) is 29.5 Å². The Balaban J connectivity index is 2.26. The standard InChI is InChI=1S/C19H17F3N2O3/c1-10-14(27-3)9-8-13(17(10)25)16-15(18(24-23-16)19(20,21)22)11-4-6-12(26-2)7-5-11/h4-9,25H,1-3H3,(H,23,24). The van der Waals surface area contributed by atoms with Crippen LogP contribution in [0.25, 0.3) is 22.4 Å². The van der Waals surface area contributed by atoms with Gasteiger partial charge in [-0.3, -0.25) is 5.10 Å². The van der Waals surface area contributed by atoms with Gasteiger partial charge in [0.2, 0.25) is 0 Å². The van der Waals surface area contributed by atoms with Crippen LogP contribution in [0.2, 0.25) is 0 Å². The summed E-state index contributed by atoms with van der Waals surface area (Å²) in [6.45, 7) is 1.61. The van der Waals surface area contributed by atoms with Crippen molar-refractivity contribution in [2.75, 3.05) is 14.2 Å². The van der Waals surface area contributed by atoms with E-state index in [1.807, 2.05) is 0 Å². The van der Waals surface area contributed by atoms with Crippen LogP contribution >= 0.6 is 0 Å². The van der Waals surface area contributed by atoms with Gasteiger partial charge in [-0.25, -0.2) is 0 Å². The predicted molar refractivity (Wildman–Crippen MR) is 94.0 cm³/mol. The van der Waals surface area contributed by atoms with Crippen LogP contribution < -0.4 is 9.47 Å². The van der Waals surface area contributed by atoms with Crippen molar-refractivity contribution in [3.8, 4) is 39.6 Å². The molecule has 2 N–H and O–H groups in total. The number of ether oxygens (including phenoxy) is 2. The number of rotatable bonds is 4. The quantitative estimate of drug-likeness (QED) is 0.685. The first kappa shape index (κ1) is 18.6. The molecule has 0 atom stereocenters. The summed E-state index contributed by atoms with van der Waals surface area (Å²) in [6, 6.07) is 9.19. The van der Waals surface area contributed by atoms with Gasteiger partial charge in [0.25, 0.3) is 0 Å². The van der Waals surface area contributed by atoms with E-state index in [2.05, 4.69) is 10.2 Å². The first-order valence-electron chi connectivity index (χ1n) is 7.94. The molecule has 0 amide bonds. The van der Waals surface area contributed by atoms with Gasteiger partial charge in [0.1, 0.15) is 28.6 Å². The maximum absolute atomic E-state index is 13.5. The third-order valence-electron chi connectivity index (χ3n) is 4.28. The molecule has 142 valence electrons. The lowest BCUT2D eigenvalue weighted by Gasteiger charge is -2.13. The van der Waals surface area contributed by atoms with Gasteiger partial charge < -0.3 is 14.6 Å². The molecule has 0 fully saturated rings. The van der Waals surface area contributed by atoms with Crippen LogP contribution in [0.5, 0.6) is 17.2 Å². The minimum atomic E-state index is -4.64. The fraction of sp³-hybridized carbons (Fsp3) is 0.211. The van der Waals surface area contributed by atoms with Crippen molar-refractivity contribution in [2.45, 2.75) is 13.1 Å². The number of aromatic nitrogens is 2.